The molecule has 4 saturated heterocycles. The Morgan fingerprint density at radius 2 is 1.08 bits per heavy atom. The number of carbonyl (C=O) groups excluding carboxylic acids is 3. The zero-order valence-electron chi connectivity index (χ0n) is 39.7. The molecular formula is C45H60N10O12S4. The largest absolute Gasteiger partial charge is 0.477 e. The summed E-state index contributed by atoms with van der Waals surface area (Å²) in [6.45, 7) is 11.8. The number of nitrogens with zero attached hydrogens (tertiary/aromatic N) is 8. The second-order valence-corrected chi connectivity index (χ2v) is 17.5. The Bertz CT molecular complexity index is 2570. The number of aromatic carboxylic acids is 1. The van der Waals surface area contributed by atoms with Gasteiger partial charge in [-0.15, -0.1) is 0 Å². The third-order valence-corrected chi connectivity index (χ3v) is 11.8. The van der Waals surface area contributed by atoms with Gasteiger partial charge in [-0.25, -0.2) is 29.1 Å². The van der Waals surface area contributed by atoms with Gasteiger partial charge in [0.25, 0.3) is 0 Å². The van der Waals surface area contributed by atoms with Gasteiger partial charge in [0.1, 0.15) is 37.1 Å². The van der Waals surface area contributed by atoms with Crippen LogP contribution in [-0.2, 0) is 23.7 Å². The number of urea groups is 2. The van der Waals surface area contributed by atoms with Crippen LogP contribution in [0.25, 0.3) is 0 Å². The topological polar surface area (TPSA) is 242 Å². The van der Waals surface area contributed by atoms with E-state index in [1.165, 1.54) is 18.1 Å². The number of ether oxygens (including phenoxy) is 7. The fraction of sp³-hybridized carbons (Fsp3) is 0.467. The predicted octanol–water partition coefficient (Wildman–Crippen LogP) is 5.21. The summed E-state index contributed by atoms with van der Waals surface area (Å²) < 4.78 is 38.8. The number of fused-ring (bicyclic) bond motifs is 8. The Balaban J connectivity index is 0.000000250. The van der Waals surface area contributed by atoms with Crippen LogP contribution in [0.15, 0.2) is 60.7 Å². The first kappa shape index (κ1) is 56.4. The molecular weight excluding hydrogens is 1000 g/mol. The number of carboxylic acids is 1. The second-order valence-electron chi connectivity index (χ2n) is 17.5. The number of hydrogen-bond donors (Lipinski definition) is 3. The molecule has 71 heavy (non-hydrogen) atoms. The zero-order valence-corrected chi connectivity index (χ0v) is 43.7. The molecule has 4 bridgehead atoms. The summed E-state index contributed by atoms with van der Waals surface area (Å²) in [7, 11) is 1.30. The molecule has 0 unspecified atom stereocenters. The number of pyridine rings is 4. The molecule has 4 fully saturated rings. The summed E-state index contributed by atoms with van der Waals surface area (Å²) in [6.07, 6.45) is 1.17. The molecule has 4 aromatic rings. The highest BCUT2D eigenvalue weighted by molar-refractivity contribution is 7.59. The molecule has 4 amide bonds. The zero-order chi connectivity index (χ0) is 47.0. The maximum absolute atomic E-state index is 13.3. The number of anilines is 6. The molecule has 3 N–H and O–H groups in total. The highest BCUT2D eigenvalue weighted by atomic mass is 32.1. The van der Waals surface area contributed by atoms with Gasteiger partial charge in [-0.3, -0.25) is 20.4 Å². The van der Waals surface area contributed by atoms with Crippen molar-refractivity contribution in [2.24, 2.45) is 0 Å². The standard InChI is InChI=1S/C23H27N5O6.C22H25N5O6.4H2S/c1-23(2)33-13-15(34-23)12-32-19-6-4-5-18(25-19)26-22(30)28-14-9-10-27(11-14)17-8-7-16(21(29)31-3)24-20(17)28;1-22(2)32-12-14(33-22)11-31-18-5-3-4-17(24-18)25-21(30)27-13-8-9-26(10-13)16-7-6-15(20(28)29)23-19(16)27;;;;/h4-8,14-15H,9-13H2,1-3H3,(H,25,26,30);3-7,13-14H,8-12H2,1-2H3,(H,28,29)(H,24,25,30);4*1H2/t14-,15-;13-,14-;;;;/m00..../s1. The number of carboxylic acid groups (broad SMARTS) is 1. The van der Waals surface area contributed by atoms with Crippen molar-refractivity contribution in [3.63, 3.8) is 0 Å². The van der Waals surface area contributed by atoms with E-state index in [1.807, 2.05) is 27.7 Å². The summed E-state index contributed by atoms with van der Waals surface area (Å²) in [5.74, 6) is -0.805. The summed E-state index contributed by atoms with van der Waals surface area (Å²) in [6, 6.07) is 15.9. The second kappa shape index (κ2) is 23.4. The number of methoxy groups -OCH3 is 1. The molecule has 26 heteroatoms. The van der Waals surface area contributed by atoms with Crippen LogP contribution in [0.3, 0.4) is 0 Å². The molecule has 0 radical (unpaired) electrons. The van der Waals surface area contributed by atoms with Crippen molar-refractivity contribution in [2.45, 2.75) is 76.4 Å². The van der Waals surface area contributed by atoms with Gasteiger partial charge in [-0.05, 0) is 76.9 Å². The average molecular weight is 1060 g/mol. The van der Waals surface area contributed by atoms with E-state index in [0.717, 1.165) is 37.3 Å². The molecule has 6 aliphatic rings. The van der Waals surface area contributed by atoms with Crippen LogP contribution >= 0.6 is 54.0 Å². The van der Waals surface area contributed by atoms with Gasteiger partial charge in [0.15, 0.2) is 34.6 Å². The highest BCUT2D eigenvalue weighted by Crippen LogP contribution is 2.41. The van der Waals surface area contributed by atoms with E-state index in [9.17, 15) is 24.3 Å². The van der Waals surface area contributed by atoms with E-state index in [1.54, 1.807) is 59.5 Å². The number of rotatable bonds is 10. The summed E-state index contributed by atoms with van der Waals surface area (Å²) in [5.41, 5.74) is 1.60. The molecule has 22 nitrogen and oxygen atoms in total. The number of aromatic nitrogens is 4. The smallest absolute Gasteiger partial charge is 0.356 e. The molecule has 4 aromatic heterocycles. The van der Waals surface area contributed by atoms with Gasteiger partial charge in [-0.2, -0.15) is 64.0 Å². The molecule has 0 spiro atoms. The Kier molecular flexibility index (Phi) is 18.6. The monoisotopic (exact) mass is 1060 g/mol. The number of amides is 4. The molecule has 10 heterocycles. The van der Waals surface area contributed by atoms with Crippen molar-refractivity contribution < 1.29 is 57.4 Å². The lowest BCUT2D eigenvalue weighted by Crippen LogP contribution is -2.48. The van der Waals surface area contributed by atoms with E-state index in [2.05, 4.69) is 40.4 Å². The van der Waals surface area contributed by atoms with E-state index >= 15 is 0 Å². The van der Waals surface area contributed by atoms with Crippen molar-refractivity contribution >= 4 is 113 Å². The van der Waals surface area contributed by atoms with Crippen molar-refractivity contribution in [1.29, 1.82) is 0 Å². The lowest BCUT2D eigenvalue weighted by atomic mass is 10.2. The molecule has 386 valence electrons. The van der Waals surface area contributed by atoms with Crippen LogP contribution < -0.4 is 39.7 Å². The lowest BCUT2D eigenvalue weighted by molar-refractivity contribution is -0.142. The normalized spacial score (nSPS) is 21.3. The summed E-state index contributed by atoms with van der Waals surface area (Å²) in [5, 5.41) is 15.0. The van der Waals surface area contributed by atoms with Gasteiger partial charge in [-0.1, -0.05) is 12.1 Å². The van der Waals surface area contributed by atoms with Crippen LogP contribution in [0, 0.1) is 0 Å². The average Bonchev–Trinajstić information content (AvgIpc) is 4.10. The Morgan fingerprint density at radius 1 is 0.648 bits per heavy atom. The first-order valence-electron chi connectivity index (χ1n) is 22.0. The number of hydrogen-bond acceptors (Lipinski definition) is 17. The van der Waals surface area contributed by atoms with Crippen LogP contribution in [0.5, 0.6) is 11.8 Å². The highest BCUT2D eigenvalue weighted by Gasteiger charge is 2.42. The van der Waals surface area contributed by atoms with Crippen LogP contribution in [0.1, 0.15) is 61.5 Å². The van der Waals surface area contributed by atoms with Gasteiger partial charge < -0.3 is 48.1 Å². The predicted molar refractivity (Wildman–Crippen MR) is 282 cm³/mol. The van der Waals surface area contributed by atoms with Crippen molar-refractivity contribution in [1.82, 2.24) is 19.9 Å². The fourth-order valence-electron chi connectivity index (χ4n) is 8.80. The molecule has 0 saturated carbocycles. The Morgan fingerprint density at radius 3 is 1.49 bits per heavy atom. The van der Waals surface area contributed by atoms with E-state index < -0.39 is 29.5 Å². The van der Waals surface area contributed by atoms with Crippen LogP contribution in [0.4, 0.5) is 44.2 Å². The maximum atomic E-state index is 13.3. The van der Waals surface area contributed by atoms with Crippen molar-refractivity contribution in [2.75, 3.05) is 89.9 Å². The Labute approximate surface area is 438 Å². The van der Waals surface area contributed by atoms with E-state index in [4.69, 9.17) is 33.2 Å². The lowest BCUT2D eigenvalue weighted by Gasteiger charge is -2.35. The number of esters is 1. The summed E-state index contributed by atoms with van der Waals surface area (Å²) in [4.78, 5) is 74.9. The first-order chi connectivity index (χ1) is 32.1. The third-order valence-electron chi connectivity index (χ3n) is 11.8. The van der Waals surface area contributed by atoms with E-state index in [0.29, 0.717) is 61.3 Å². The van der Waals surface area contributed by atoms with Gasteiger partial charge in [0, 0.05) is 38.3 Å². The van der Waals surface area contributed by atoms with Crippen molar-refractivity contribution in [3.05, 3.63) is 72.1 Å². The van der Waals surface area contributed by atoms with Gasteiger partial charge in [0.2, 0.25) is 11.8 Å². The van der Waals surface area contributed by atoms with E-state index in [-0.39, 0.29) is 109 Å². The van der Waals surface area contributed by atoms with Crippen LogP contribution in [0.2, 0.25) is 0 Å². The van der Waals surface area contributed by atoms with Gasteiger partial charge in [0.05, 0.1) is 43.8 Å². The fourth-order valence-corrected chi connectivity index (χ4v) is 8.80. The minimum atomic E-state index is -1.14. The van der Waals surface area contributed by atoms with Gasteiger partial charge >= 0.3 is 24.0 Å². The molecule has 6 aliphatic heterocycles. The molecule has 0 aliphatic carbocycles. The third kappa shape index (κ3) is 12.8. The minimum Gasteiger partial charge on any atom is -0.477 e. The first-order valence-corrected chi connectivity index (χ1v) is 22.0. The summed E-state index contributed by atoms with van der Waals surface area (Å²) >= 11 is 0. The Hall–Kier alpha value is -5.48. The SMILES string of the molecule is CC1(C)OC[C@H](COc2cccc(NC(=O)N3c4nc(C(=O)O)ccc4N4CC[C@H]3C4)n2)O1.COC(=O)c1ccc2c(n1)N(C(=O)Nc1cccc(OC[C@H]3COC(C)(C)O3)n1)[C@H]1CCN2C1.S.S.S.S. The molecule has 10 rings (SSSR count). The van der Waals surface area contributed by atoms with Crippen LogP contribution in [-0.4, -0.2) is 145 Å². The number of nitrogens with one attached hydrogen (secondary N) is 2. The molecule has 0 aromatic carbocycles. The van der Waals surface area contributed by atoms with Crippen molar-refractivity contribution in [3.8, 4) is 11.8 Å². The quantitative estimate of drug-likeness (QED) is 0.173. The number of carbonyl (C=O) groups is 4. The maximum Gasteiger partial charge on any atom is 0.356 e. The minimum absolute atomic E-state index is 0. The molecule has 4 atom stereocenters.